The monoisotopic (exact) mass is 349 g/mol. The van der Waals surface area contributed by atoms with E-state index in [-0.39, 0.29) is 6.03 Å². The number of amides is 2. The number of aromatic nitrogens is 1. The Hall–Kier alpha value is -3.12. The zero-order valence-electron chi connectivity index (χ0n) is 13.2. The van der Waals surface area contributed by atoms with Crippen LogP contribution in [0.5, 0.6) is 0 Å². The molecule has 25 heavy (non-hydrogen) atoms. The lowest BCUT2D eigenvalue weighted by molar-refractivity contribution is 0.252. The third-order valence-corrected chi connectivity index (χ3v) is 4.54. The molecule has 0 atom stereocenters. The van der Waals surface area contributed by atoms with Gasteiger partial charge in [-0.15, -0.1) is 11.3 Å². The minimum atomic E-state index is -0.247. The van der Waals surface area contributed by atoms with E-state index >= 15 is 0 Å². The number of rotatable bonds is 4. The third-order valence-electron chi connectivity index (χ3n) is 3.66. The maximum Gasteiger partial charge on any atom is 0.319 e. The summed E-state index contributed by atoms with van der Waals surface area (Å²) >= 11 is 1.61. The van der Waals surface area contributed by atoms with Gasteiger partial charge in [-0.3, -0.25) is 0 Å². The van der Waals surface area contributed by atoms with Crippen LogP contribution in [0.4, 0.5) is 10.5 Å². The first-order valence-electron chi connectivity index (χ1n) is 7.81. The zero-order chi connectivity index (χ0) is 17.1. The molecule has 4 aromatic rings. The van der Waals surface area contributed by atoms with Gasteiger partial charge in [-0.25, -0.2) is 9.78 Å². The second-order valence-electron chi connectivity index (χ2n) is 5.45. The molecule has 0 bridgehead atoms. The summed E-state index contributed by atoms with van der Waals surface area (Å²) in [5, 5.41) is 7.65. The van der Waals surface area contributed by atoms with E-state index in [0.717, 1.165) is 21.5 Å². The van der Waals surface area contributed by atoms with Crippen molar-refractivity contribution in [3.63, 3.8) is 0 Å². The standard InChI is InChI=1S/C19H15N3O2S/c23-19(20-12-15-7-4-10-25-15)21-14-6-3-5-13(11-14)18-22-16-8-1-2-9-17(16)24-18/h1-11H,12H2,(H2,20,21,23). The molecule has 2 amide bonds. The molecule has 0 spiro atoms. The molecular weight excluding hydrogens is 334 g/mol. The van der Waals surface area contributed by atoms with Crippen LogP contribution < -0.4 is 10.6 Å². The smallest absolute Gasteiger partial charge is 0.319 e. The lowest BCUT2D eigenvalue weighted by atomic mass is 10.2. The summed E-state index contributed by atoms with van der Waals surface area (Å²) in [6.45, 7) is 0.508. The molecule has 2 N–H and O–H groups in total. The SMILES string of the molecule is O=C(NCc1cccs1)Nc1cccc(-c2nc3ccccc3o2)c1. The Bertz CT molecular complexity index is 975. The molecule has 0 fully saturated rings. The zero-order valence-corrected chi connectivity index (χ0v) is 14.0. The van der Waals surface area contributed by atoms with Crippen molar-refractivity contribution in [2.45, 2.75) is 6.54 Å². The number of thiophene rings is 1. The normalized spacial score (nSPS) is 10.7. The molecule has 0 unspecified atom stereocenters. The first kappa shape index (κ1) is 15.4. The van der Waals surface area contributed by atoms with Gasteiger partial charge in [0.1, 0.15) is 5.52 Å². The van der Waals surface area contributed by atoms with E-state index in [2.05, 4.69) is 15.6 Å². The van der Waals surface area contributed by atoms with Gasteiger partial charge in [0.05, 0.1) is 6.54 Å². The highest BCUT2D eigenvalue weighted by atomic mass is 32.1. The van der Waals surface area contributed by atoms with Crippen LogP contribution in [0.1, 0.15) is 4.88 Å². The van der Waals surface area contributed by atoms with E-state index in [0.29, 0.717) is 18.1 Å². The predicted octanol–water partition coefficient (Wildman–Crippen LogP) is 4.88. The van der Waals surface area contributed by atoms with Crippen LogP contribution in [-0.4, -0.2) is 11.0 Å². The number of fused-ring (bicyclic) bond motifs is 1. The lowest BCUT2D eigenvalue weighted by Gasteiger charge is -2.07. The van der Waals surface area contributed by atoms with Crippen molar-refractivity contribution in [3.05, 3.63) is 70.9 Å². The maximum atomic E-state index is 12.0. The van der Waals surface area contributed by atoms with Gasteiger partial charge in [-0.2, -0.15) is 0 Å². The molecule has 0 aliphatic heterocycles. The number of benzene rings is 2. The fourth-order valence-corrected chi connectivity index (χ4v) is 3.13. The summed E-state index contributed by atoms with van der Waals surface area (Å²) < 4.78 is 5.77. The molecule has 124 valence electrons. The van der Waals surface area contributed by atoms with Gasteiger partial charge in [0.15, 0.2) is 5.58 Å². The van der Waals surface area contributed by atoms with Crippen LogP contribution in [-0.2, 0) is 6.54 Å². The van der Waals surface area contributed by atoms with Crippen molar-refractivity contribution in [2.24, 2.45) is 0 Å². The Morgan fingerprint density at radius 3 is 2.84 bits per heavy atom. The van der Waals surface area contributed by atoms with E-state index in [1.807, 2.05) is 66.0 Å². The summed E-state index contributed by atoms with van der Waals surface area (Å²) in [6, 6.07) is 18.8. The van der Waals surface area contributed by atoms with Crippen molar-refractivity contribution in [3.8, 4) is 11.5 Å². The molecular formula is C19H15N3O2S. The van der Waals surface area contributed by atoms with Crippen LogP contribution in [0, 0.1) is 0 Å². The number of para-hydroxylation sites is 2. The van der Waals surface area contributed by atoms with E-state index in [9.17, 15) is 4.79 Å². The van der Waals surface area contributed by atoms with E-state index in [4.69, 9.17) is 4.42 Å². The molecule has 0 saturated heterocycles. The number of carbonyl (C=O) groups is 1. The van der Waals surface area contributed by atoms with Crippen molar-refractivity contribution >= 4 is 34.2 Å². The minimum absolute atomic E-state index is 0.247. The highest BCUT2D eigenvalue weighted by Crippen LogP contribution is 2.26. The second-order valence-corrected chi connectivity index (χ2v) is 6.49. The summed E-state index contributed by atoms with van der Waals surface area (Å²) in [4.78, 5) is 17.6. The predicted molar refractivity (Wildman–Crippen MR) is 99.6 cm³/mol. The Morgan fingerprint density at radius 2 is 2.00 bits per heavy atom. The Kier molecular flexibility index (Phi) is 4.18. The Morgan fingerprint density at radius 1 is 1.08 bits per heavy atom. The number of hydrogen-bond acceptors (Lipinski definition) is 4. The van der Waals surface area contributed by atoms with Gasteiger partial charge in [0.2, 0.25) is 5.89 Å². The summed E-state index contributed by atoms with van der Waals surface area (Å²) in [6.07, 6.45) is 0. The van der Waals surface area contributed by atoms with Crippen LogP contribution in [0.25, 0.3) is 22.6 Å². The molecule has 2 aromatic carbocycles. The average molecular weight is 349 g/mol. The quantitative estimate of drug-likeness (QED) is 0.552. The molecule has 2 aromatic heterocycles. The Balaban J connectivity index is 1.48. The third kappa shape index (κ3) is 3.54. The molecule has 5 nitrogen and oxygen atoms in total. The van der Waals surface area contributed by atoms with Crippen molar-refractivity contribution in [1.82, 2.24) is 10.3 Å². The summed E-state index contributed by atoms with van der Waals surface area (Å²) in [5.41, 5.74) is 3.05. The minimum Gasteiger partial charge on any atom is -0.436 e. The van der Waals surface area contributed by atoms with E-state index < -0.39 is 0 Å². The molecule has 2 heterocycles. The van der Waals surface area contributed by atoms with Crippen LogP contribution in [0.15, 0.2) is 70.5 Å². The van der Waals surface area contributed by atoms with Crippen LogP contribution in [0.3, 0.4) is 0 Å². The maximum absolute atomic E-state index is 12.0. The second kappa shape index (κ2) is 6.78. The fraction of sp³-hybridized carbons (Fsp3) is 0.0526. The van der Waals surface area contributed by atoms with E-state index in [1.54, 1.807) is 11.3 Å². The molecule has 0 saturated carbocycles. The summed E-state index contributed by atoms with van der Waals surface area (Å²) in [5.74, 6) is 0.531. The first-order valence-corrected chi connectivity index (χ1v) is 8.69. The number of urea groups is 1. The molecule has 6 heteroatoms. The molecule has 4 rings (SSSR count). The highest BCUT2D eigenvalue weighted by Gasteiger charge is 2.09. The highest BCUT2D eigenvalue weighted by molar-refractivity contribution is 7.09. The largest absolute Gasteiger partial charge is 0.436 e. The number of oxazole rings is 1. The van der Waals surface area contributed by atoms with Crippen LogP contribution in [0.2, 0.25) is 0 Å². The van der Waals surface area contributed by atoms with Gasteiger partial charge in [-0.05, 0) is 41.8 Å². The Labute approximate surface area is 148 Å². The topological polar surface area (TPSA) is 67.2 Å². The number of anilines is 1. The van der Waals surface area contributed by atoms with Gasteiger partial charge < -0.3 is 15.1 Å². The number of hydrogen-bond donors (Lipinski definition) is 2. The van der Waals surface area contributed by atoms with Crippen LogP contribution >= 0.6 is 11.3 Å². The number of carbonyl (C=O) groups excluding carboxylic acids is 1. The number of nitrogens with one attached hydrogen (secondary N) is 2. The van der Waals surface area contributed by atoms with Gasteiger partial charge in [0, 0.05) is 16.1 Å². The van der Waals surface area contributed by atoms with Crippen molar-refractivity contribution in [2.75, 3.05) is 5.32 Å². The number of nitrogens with zero attached hydrogens (tertiary/aromatic N) is 1. The van der Waals surface area contributed by atoms with Gasteiger partial charge in [0.25, 0.3) is 0 Å². The molecule has 0 aliphatic carbocycles. The van der Waals surface area contributed by atoms with Crippen molar-refractivity contribution in [1.29, 1.82) is 0 Å². The molecule has 0 aliphatic rings. The first-order chi connectivity index (χ1) is 12.3. The van der Waals surface area contributed by atoms with Gasteiger partial charge >= 0.3 is 6.03 Å². The summed E-state index contributed by atoms with van der Waals surface area (Å²) in [7, 11) is 0. The fourth-order valence-electron chi connectivity index (χ4n) is 2.48. The average Bonchev–Trinajstić information content (AvgIpc) is 3.29. The molecule has 0 radical (unpaired) electrons. The van der Waals surface area contributed by atoms with Crippen molar-refractivity contribution < 1.29 is 9.21 Å². The lowest BCUT2D eigenvalue weighted by Crippen LogP contribution is -2.27. The van der Waals surface area contributed by atoms with Gasteiger partial charge in [-0.1, -0.05) is 24.3 Å². The van der Waals surface area contributed by atoms with E-state index in [1.165, 1.54) is 0 Å².